The fraction of sp³-hybridized carbons (Fsp3) is 0.895. The van der Waals surface area contributed by atoms with E-state index in [1.54, 1.807) is 0 Å². The molecule has 0 unspecified atom stereocenters. The van der Waals surface area contributed by atoms with E-state index in [0.717, 1.165) is 64.3 Å². The molecular formula is C19H36ClN3O2. The molecule has 1 aliphatic heterocycles. The molecule has 1 saturated carbocycles. The molecule has 2 aliphatic rings. The maximum Gasteiger partial charge on any atom is 0.223 e. The maximum absolute atomic E-state index is 12.4. The normalized spacial score (nSPS) is 17.9. The number of carbonyl (C=O) groups excluding carboxylic acids is 2. The lowest BCUT2D eigenvalue weighted by atomic mass is 10.0. The zero-order valence-corrected chi connectivity index (χ0v) is 16.8. The van der Waals surface area contributed by atoms with Crippen LogP contribution in [0.5, 0.6) is 0 Å². The van der Waals surface area contributed by atoms with Crippen molar-refractivity contribution >= 4 is 24.2 Å². The van der Waals surface area contributed by atoms with E-state index in [1.165, 1.54) is 12.8 Å². The SMILES string of the molecule is CCCN(CCC)C(=O)CCC(=O)N1CCC(NCC2CC2)CC1.Cl. The summed E-state index contributed by atoms with van der Waals surface area (Å²) < 4.78 is 0. The number of piperidine rings is 1. The van der Waals surface area contributed by atoms with Crippen LogP contribution in [0.4, 0.5) is 0 Å². The first kappa shape index (κ1) is 22.2. The summed E-state index contributed by atoms with van der Waals surface area (Å²) in [6.45, 7) is 8.60. The number of likely N-dealkylation sites (tertiary alicyclic amines) is 1. The summed E-state index contributed by atoms with van der Waals surface area (Å²) in [6, 6.07) is 0.570. The van der Waals surface area contributed by atoms with E-state index in [-0.39, 0.29) is 24.2 Å². The number of nitrogens with zero attached hydrogens (tertiary/aromatic N) is 2. The topological polar surface area (TPSA) is 52.7 Å². The Morgan fingerprint density at radius 1 is 1.00 bits per heavy atom. The number of nitrogens with one attached hydrogen (secondary N) is 1. The number of hydrogen-bond acceptors (Lipinski definition) is 3. The van der Waals surface area contributed by atoms with Crippen LogP contribution in [-0.4, -0.2) is 60.4 Å². The Morgan fingerprint density at radius 2 is 1.60 bits per heavy atom. The quantitative estimate of drug-likeness (QED) is 0.640. The Balaban J connectivity index is 0.00000312. The molecule has 2 rings (SSSR count). The highest BCUT2D eigenvalue weighted by molar-refractivity contribution is 5.85. The monoisotopic (exact) mass is 373 g/mol. The minimum absolute atomic E-state index is 0. The van der Waals surface area contributed by atoms with Crippen LogP contribution in [-0.2, 0) is 9.59 Å². The van der Waals surface area contributed by atoms with E-state index >= 15 is 0 Å². The largest absolute Gasteiger partial charge is 0.343 e. The molecule has 146 valence electrons. The molecule has 1 N–H and O–H groups in total. The second-order valence-electron chi connectivity index (χ2n) is 7.39. The Hall–Kier alpha value is -0.810. The van der Waals surface area contributed by atoms with E-state index in [4.69, 9.17) is 0 Å². The molecule has 5 nitrogen and oxygen atoms in total. The molecule has 6 heteroatoms. The molecule has 0 aromatic rings. The fourth-order valence-corrected chi connectivity index (χ4v) is 3.42. The highest BCUT2D eigenvalue weighted by atomic mass is 35.5. The summed E-state index contributed by atoms with van der Waals surface area (Å²) in [5.41, 5.74) is 0. The molecular weight excluding hydrogens is 338 g/mol. The van der Waals surface area contributed by atoms with Gasteiger partial charge in [-0.3, -0.25) is 9.59 Å². The van der Waals surface area contributed by atoms with Crippen LogP contribution in [0.15, 0.2) is 0 Å². The number of amides is 2. The zero-order valence-electron chi connectivity index (χ0n) is 16.0. The third kappa shape index (κ3) is 7.95. The highest BCUT2D eigenvalue weighted by Crippen LogP contribution is 2.28. The molecule has 0 spiro atoms. The lowest BCUT2D eigenvalue weighted by molar-refractivity contribution is -0.137. The van der Waals surface area contributed by atoms with Gasteiger partial charge in [0, 0.05) is 45.1 Å². The summed E-state index contributed by atoms with van der Waals surface area (Å²) in [4.78, 5) is 28.5. The molecule has 2 amide bonds. The molecule has 2 fully saturated rings. The van der Waals surface area contributed by atoms with Crippen molar-refractivity contribution in [2.75, 3.05) is 32.7 Å². The Labute approximate surface area is 159 Å². The first-order chi connectivity index (χ1) is 11.6. The van der Waals surface area contributed by atoms with Crippen molar-refractivity contribution in [1.29, 1.82) is 0 Å². The Kier molecular flexibility index (Phi) is 10.4. The molecule has 25 heavy (non-hydrogen) atoms. The van der Waals surface area contributed by atoms with Crippen molar-refractivity contribution in [3.63, 3.8) is 0 Å². The van der Waals surface area contributed by atoms with Gasteiger partial charge in [-0.1, -0.05) is 13.8 Å². The van der Waals surface area contributed by atoms with Gasteiger partial charge >= 0.3 is 0 Å². The van der Waals surface area contributed by atoms with Gasteiger partial charge in [0.25, 0.3) is 0 Å². The third-order valence-corrected chi connectivity index (χ3v) is 5.13. The smallest absolute Gasteiger partial charge is 0.223 e. The molecule has 1 aliphatic carbocycles. The molecule has 1 saturated heterocycles. The predicted molar refractivity (Wildman–Crippen MR) is 104 cm³/mol. The van der Waals surface area contributed by atoms with Crippen molar-refractivity contribution in [1.82, 2.24) is 15.1 Å². The molecule has 0 aromatic heterocycles. The van der Waals surface area contributed by atoms with Crippen molar-refractivity contribution in [3.05, 3.63) is 0 Å². The maximum atomic E-state index is 12.4. The van der Waals surface area contributed by atoms with E-state index in [0.29, 0.717) is 18.9 Å². The molecule has 0 radical (unpaired) electrons. The minimum atomic E-state index is 0. The lowest BCUT2D eigenvalue weighted by Gasteiger charge is -2.32. The minimum Gasteiger partial charge on any atom is -0.343 e. The van der Waals surface area contributed by atoms with E-state index in [9.17, 15) is 9.59 Å². The number of hydrogen-bond donors (Lipinski definition) is 1. The van der Waals surface area contributed by atoms with Gasteiger partial charge in [-0.15, -0.1) is 12.4 Å². The standard InChI is InChI=1S/C19H35N3O2.ClH/c1-3-11-21(12-4-2)18(23)7-8-19(24)22-13-9-17(10-14-22)20-15-16-5-6-16;/h16-17,20H,3-15H2,1-2H3;1H. The molecule has 1 heterocycles. The van der Waals surface area contributed by atoms with Gasteiger partial charge in [0.1, 0.15) is 0 Å². The van der Waals surface area contributed by atoms with Crippen LogP contribution in [0.2, 0.25) is 0 Å². The van der Waals surface area contributed by atoms with Crippen molar-refractivity contribution in [2.24, 2.45) is 5.92 Å². The highest BCUT2D eigenvalue weighted by Gasteiger charge is 2.26. The van der Waals surface area contributed by atoms with E-state index < -0.39 is 0 Å². The first-order valence-corrected chi connectivity index (χ1v) is 9.93. The average Bonchev–Trinajstić information content (AvgIpc) is 3.42. The van der Waals surface area contributed by atoms with Crippen LogP contribution >= 0.6 is 12.4 Å². The number of carbonyl (C=O) groups is 2. The van der Waals surface area contributed by atoms with Crippen LogP contribution < -0.4 is 5.32 Å². The molecule has 0 atom stereocenters. The number of halogens is 1. The zero-order chi connectivity index (χ0) is 17.4. The van der Waals surface area contributed by atoms with Crippen LogP contribution in [0.25, 0.3) is 0 Å². The molecule has 0 aromatic carbocycles. The summed E-state index contributed by atoms with van der Waals surface area (Å²) >= 11 is 0. The van der Waals surface area contributed by atoms with Crippen molar-refractivity contribution in [3.8, 4) is 0 Å². The van der Waals surface area contributed by atoms with Gasteiger partial charge in [-0.25, -0.2) is 0 Å². The van der Waals surface area contributed by atoms with Gasteiger partial charge < -0.3 is 15.1 Å². The Bertz CT molecular complexity index is 401. The Morgan fingerprint density at radius 3 is 2.12 bits per heavy atom. The first-order valence-electron chi connectivity index (χ1n) is 9.93. The average molecular weight is 374 g/mol. The van der Waals surface area contributed by atoms with Crippen LogP contribution in [0, 0.1) is 5.92 Å². The third-order valence-electron chi connectivity index (χ3n) is 5.13. The van der Waals surface area contributed by atoms with Crippen molar-refractivity contribution < 1.29 is 9.59 Å². The summed E-state index contributed by atoms with van der Waals surface area (Å²) in [5.74, 6) is 1.19. The van der Waals surface area contributed by atoms with Gasteiger partial charge in [-0.05, 0) is 51.0 Å². The second-order valence-corrected chi connectivity index (χ2v) is 7.39. The van der Waals surface area contributed by atoms with E-state index in [1.807, 2.05) is 9.80 Å². The summed E-state index contributed by atoms with van der Waals surface area (Å²) in [5, 5.41) is 3.64. The van der Waals surface area contributed by atoms with Gasteiger partial charge in [0.05, 0.1) is 0 Å². The van der Waals surface area contributed by atoms with Crippen LogP contribution in [0.3, 0.4) is 0 Å². The van der Waals surface area contributed by atoms with Gasteiger partial charge in [0.15, 0.2) is 0 Å². The van der Waals surface area contributed by atoms with Crippen LogP contribution in [0.1, 0.15) is 65.2 Å². The van der Waals surface area contributed by atoms with Gasteiger partial charge in [-0.2, -0.15) is 0 Å². The summed E-state index contributed by atoms with van der Waals surface area (Å²) in [6.07, 6.45) is 7.52. The van der Waals surface area contributed by atoms with E-state index in [2.05, 4.69) is 19.2 Å². The number of rotatable bonds is 10. The predicted octanol–water partition coefficient (Wildman–Crippen LogP) is 2.83. The van der Waals surface area contributed by atoms with Crippen molar-refractivity contribution in [2.45, 2.75) is 71.3 Å². The fourth-order valence-electron chi connectivity index (χ4n) is 3.42. The lowest BCUT2D eigenvalue weighted by Crippen LogP contribution is -2.45. The summed E-state index contributed by atoms with van der Waals surface area (Å²) in [7, 11) is 0. The second kappa shape index (κ2) is 11.7. The molecule has 0 bridgehead atoms. The van der Waals surface area contributed by atoms with Gasteiger partial charge in [0.2, 0.25) is 11.8 Å².